The number of carbonyl (C=O) groups excluding carboxylic acids is 1. The summed E-state index contributed by atoms with van der Waals surface area (Å²) in [7, 11) is 0. The molecule has 0 aliphatic carbocycles. The van der Waals surface area contributed by atoms with Crippen molar-refractivity contribution in [1.29, 1.82) is 0 Å². The third-order valence-electron chi connectivity index (χ3n) is 4.74. The van der Waals surface area contributed by atoms with E-state index in [1.807, 2.05) is 6.07 Å². The number of terminal acetylenes is 1. The van der Waals surface area contributed by atoms with Crippen LogP contribution in [0.1, 0.15) is 36.6 Å². The third-order valence-corrected chi connectivity index (χ3v) is 4.74. The summed E-state index contributed by atoms with van der Waals surface area (Å²) in [6, 6.07) is 1.98. The molecule has 2 atom stereocenters. The van der Waals surface area contributed by atoms with Crippen LogP contribution in [0.15, 0.2) is 10.6 Å². The summed E-state index contributed by atoms with van der Waals surface area (Å²) in [6.45, 7) is 3.29. The van der Waals surface area contributed by atoms with Crippen LogP contribution in [0, 0.1) is 17.8 Å². The van der Waals surface area contributed by atoms with Gasteiger partial charge < -0.3 is 19.9 Å². The molecule has 6 heteroatoms. The second-order valence-electron chi connectivity index (χ2n) is 6.40. The third kappa shape index (κ3) is 3.57. The molecule has 2 aliphatic heterocycles. The van der Waals surface area contributed by atoms with Gasteiger partial charge in [-0.05, 0) is 25.8 Å². The molecule has 1 aromatic rings. The van der Waals surface area contributed by atoms with E-state index in [-0.39, 0.29) is 12.5 Å². The van der Waals surface area contributed by atoms with E-state index >= 15 is 0 Å². The molecule has 1 aromatic heterocycles. The second kappa shape index (κ2) is 7.16. The van der Waals surface area contributed by atoms with Crippen molar-refractivity contribution in [2.24, 2.45) is 5.41 Å². The van der Waals surface area contributed by atoms with Crippen molar-refractivity contribution in [2.45, 2.75) is 31.6 Å². The quantitative estimate of drug-likeness (QED) is 0.787. The Morgan fingerprint density at radius 2 is 2.52 bits per heavy atom. The molecule has 0 saturated carbocycles. The second-order valence-corrected chi connectivity index (χ2v) is 6.40. The molecule has 1 amide bonds. The number of hydrogen-bond donors (Lipinski definition) is 2. The zero-order chi connectivity index (χ0) is 16.1. The van der Waals surface area contributed by atoms with Crippen molar-refractivity contribution in [3.8, 4) is 12.3 Å². The summed E-state index contributed by atoms with van der Waals surface area (Å²) in [5.74, 6) is 3.51. The summed E-state index contributed by atoms with van der Waals surface area (Å²) in [5.41, 5.74) is 0.415. The van der Waals surface area contributed by atoms with Gasteiger partial charge in [-0.15, -0.1) is 6.42 Å². The summed E-state index contributed by atoms with van der Waals surface area (Å²) in [5, 5.41) is 10.3. The first-order valence-electron chi connectivity index (χ1n) is 8.19. The molecule has 0 aromatic carbocycles. The van der Waals surface area contributed by atoms with Crippen molar-refractivity contribution in [3.63, 3.8) is 0 Å². The number of aromatic nitrogens is 1. The highest BCUT2D eigenvalue weighted by molar-refractivity contribution is 5.83. The molecular weight excluding hydrogens is 294 g/mol. The average molecular weight is 317 g/mol. The Morgan fingerprint density at radius 1 is 1.61 bits per heavy atom. The highest BCUT2D eigenvalue weighted by Crippen LogP contribution is 2.33. The standard InChI is InChI=1S/C17H23N3O3/c1-2-6-19-16(21)17(5-3-7-18-12-17)10-14-9-15(20-23-14)13-4-8-22-11-13/h1,9,13,18H,3-8,10-12H2,(H,19,21)/t13-,17+/m1/s1. The number of nitrogens with one attached hydrogen (secondary N) is 2. The molecule has 6 nitrogen and oxygen atoms in total. The number of rotatable bonds is 5. The minimum atomic E-state index is -0.516. The normalized spacial score (nSPS) is 27.5. The molecule has 2 fully saturated rings. The molecule has 0 radical (unpaired) electrons. The predicted octanol–water partition coefficient (Wildman–Crippen LogP) is 0.840. The zero-order valence-electron chi connectivity index (χ0n) is 13.3. The minimum Gasteiger partial charge on any atom is -0.381 e. The Morgan fingerprint density at radius 3 is 3.22 bits per heavy atom. The Kier molecular flexibility index (Phi) is 4.99. The maximum atomic E-state index is 12.6. The fourth-order valence-corrected chi connectivity index (χ4v) is 3.42. The van der Waals surface area contributed by atoms with Gasteiger partial charge in [0.1, 0.15) is 5.76 Å². The van der Waals surface area contributed by atoms with Crippen molar-refractivity contribution < 1.29 is 14.1 Å². The smallest absolute Gasteiger partial charge is 0.228 e. The minimum absolute atomic E-state index is 0.00944. The zero-order valence-corrected chi connectivity index (χ0v) is 13.3. The fraction of sp³-hybridized carbons (Fsp3) is 0.647. The lowest BCUT2D eigenvalue weighted by molar-refractivity contribution is -0.132. The molecule has 2 N–H and O–H groups in total. The number of ether oxygens (including phenoxy) is 1. The Bertz CT molecular complexity index is 578. The van der Waals surface area contributed by atoms with Gasteiger partial charge in [0.25, 0.3) is 0 Å². The van der Waals surface area contributed by atoms with Gasteiger partial charge in [0.2, 0.25) is 5.91 Å². The van der Waals surface area contributed by atoms with Crippen molar-refractivity contribution in [1.82, 2.24) is 15.8 Å². The van der Waals surface area contributed by atoms with Crippen molar-refractivity contribution in [2.75, 3.05) is 32.8 Å². The summed E-state index contributed by atoms with van der Waals surface area (Å²) in [4.78, 5) is 12.6. The largest absolute Gasteiger partial charge is 0.381 e. The highest BCUT2D eigenvalue weighted by Gasteiger charge is 2.40. The van der Waals surface area contributed by atoms with Crippen LogP contribution in [-0.4, -0.2) is 43.9 Å². The lowest BCUT2D eigenvalue weighted by Crippen LogP contribution is -2.51. The Hall–Kier alpha value is -1.84. The lowest BCUT2D eigenvalue weighted by Gasteiger charge is -2.35. The van der Waals surface area contributed by atoms with E-state index in [0.29, 0.717) is 25.5 Å². The average Bonchev–Trinajstić information content (AvgIpc) is 3.24. The molecule has 0 unspecified atom stereocenters. The predicted molar refractivity (Wildman–Crippen MR) is 84.8 cm³/mol. The van der Waals surface area contributed by atoms with Crippen LogP contribution in [-0.2, 0) is 16.0 Å². The van der Waals surface area contributed by atoms with Gasteiger partial charge in [-0.2, -0.15) is 0 Å². The van der Waals surface area contributed by atoms with E-state index in [4.69, 9.17) is 15.7 Å². The fourth-order valence-electron chi connectivity index (χ4n) is 3.42. The monoisotopic (exact) mass is 317 g/mol. The van der Waals surface area contributed by atoms with Gasteiger partial charge in [0, 0.05) is 31.6 Å². The summed E-state index contributed by atoms with van der Waals surface area (Å²) >= 11 is 0. The van der Waals surface area contributed by atoms with Crippen LogP contribution < -0.4 is 10.6 Å². The van der Waals surface area contributed by atoms with Gasteiger partial charge in [0.15, 0.2) is 0 Å². The molecule has 2 saturated heterocycles. The van der Waals surface area contributed by atoms with Crippen molar-refractivity contribution >= 4 is 5.91 Å². The van der Waals surface area contributed by atoms with E-state index in [1.54, 1.807) is 0 Å². The molecule has 124 valence electrons. The Balaban J connectivity index is 1.73. The number of piperidine rings is 1. The lowest BCUT2D eigenvalue weighted by atomic mass is 9.76. The molecular formula is C17H23N3O3. The Labute approximate surface area is 136 Å². The highest BCUT2D eigenvalue weighted by atomic mass is 16.5. The molecule has 2 aliphatic rings. The molecule has 23 heavy (non-hydrogen) atoms. The summed E-state index contributed by atoms with van der Waals surface area (Å²) < 4.78 is 10.9. The summed E-state index contributed by atoms with van der Waals surface area (Å²) in [6.07, 6.45) is 8.54. The van der Waals surface area contributed by atoms with Crippen LogP contribution in [0.3, 0.4) is 0 Å². The SMILES string of the molecule is C#CCNC(=O)[C@]1(Cc2cc([C@@H]3CCOC3)no2)CCCNC1. The number of nitrogens with zero attached hydrogens (tertiary/aromatic N) is 1. The number of amides is 1. The van der Waals surface area contributed by atoms with E-state index in [9.17, 15) is 4.79 Å². The van der Waals surface area contributed by atoms with Crippen LogP contribution in [0.2, 0.25) is 0 Å². The van der Waals surface area contributed by atoms with Gasteiger partial charge in [-0.1, -0.05) is 11.1 Å². The van der Waals surface area contributed by atoms with E-state index < -0.39 is 5.41 Å². The first-order valence-corrected chi connectivity index (χ1v) is 8.19. The van der Waals surface area contributed by atoms with Gasteiger partial charge in [0.05, 0.1) is 24.3 Å². The van der Waals surface area contributed by atoms with E-state index in [0.717, 1.165) is 43.9 Å². The van der Waals surface area contributed by atoms with Gasteiger partial charge >= 0.3 is 0 Å². The van der Waals surface area contributed by atoms with Gasteiger partial charge in [-0.25, -0.2) is 0 Å². The maximum Gasteiger partial charge on any atom is 0.228 e. The number of hydrogen-bond acceptors (Lipinski definition) is 5. The number of carbonyl (C=O) groups is 1. The maximum absolute atomic E-state index is 12.6. The van der Waals surface area contributed by atoms with Crippen LogP contribution in [0.25, 0.3) is 0 Å². The van der Waals surface area contributed by atoms with E-state index in [2.05, 4.69) is 21.7 Å². The van der Waals surface area contributed by atoms with Crippen LogP contribution >= 0.6 is 0 Å². The van der Waals surface area contributed by atoms with E-state index in [1.165, 1.54) is 0 Å². The molecule has 3 heterocycles. The van der Waals surface area contributed by atoms with Crippen molar-refractivity contribution in [3.05, 3.63) is 17.5 Å². The first-order chi connectivity index (χ1) is 11.2. The molecule has 3 rings (SSSR count). The topological polar surface area (TPSA) is 76.4 Å². The van der Waals surface area contributed by atoms with Crippen LogP contribution in [0.5, 0.6) is 0 Å². The first kappa shape index (κ1) is 16.0. The molecule has 0 bridgehead atoms. The molecule has 0 spiro atoms. The van der Waals surface area contributed by atoms with Gasteiger partial charge in [-0.3, -0.25) is 4.79 Å². The van der Waals surface area contributed by atoms with Crippen LogP contribution in [0.4, 0.5) is 0 Å².